The third kappa shape index (κ3) is 6.28. The van der Waals surface area contributed by atoms with Crippen molar-refractivity contribution >= 4 is 5.95 Å². The van der Waals surface area contributed by atoms with Gasteiger partial charge in [-0.05, 0) is 73.8 Å². The first-order valence-corrected chi connectivity index (χ1v) is 11.6. The topological polar surface area (TPSA) is 73.3 Å². The number of nitrogens with one attached hydrogen (secondary N) is 2. The van der Waals surface area contributed by atoms with E-state index in [0.29, 0.717) is 5.95 Å². The molecule has 1 atom stereocenters. The Bertz CT molecular complexity index is 986. The predicted molar refractivity (Wildman–Crippen MR) is 130 cm³/mol. The van der Waals surface area contributed by atoms with Crippen LogP contribution in [-0.2, 0) is 13.0 Å². The summed E-state index contributed by atoms with van der Waals surface area (Å²) < 4.78 is 0. The summed E-state index contributed by atoms with van der Waals surface area (Å²) in [5.41, 5.74) is 4.52. The molecule has 1 aliphatic heterocycles. The molecular formula is C26H33N5O. The fraction of sp³-hybridized carbons (Fsp3) is 0.385. The fourth-order valence-electron chi connectivity index (χ4n) is 4.21. The Hall–Kier alpha value is -2.96. The van der Waals surface area contributed by atoms with Crippen molar-refractivity contribution in [1.82, 2.24) is 20.2 Å². The van der Waals surface area contributed by atoms with Crippen LogP contribution in [0.4, 0.5) is 5.95 Å². The highest BCUT2D eigenvalue weighted by atomic mass is 16.3. The lowest BCUT2D eigenvalue weighted by atomic mass is 10.1. The Morgan fingerprint density at radius 3 is 2.78 bits per heavy atom. The first-order valence-electron chi connectivity index (χ1n) is 11.6. The zero-order chi connectivity index (χ0) is 22.2. The highest BCUT2D eigenvalue weighted by Crippen LogP contribution is 2.21. The second-order valence-electron chi connectivity index (χ2n) is 8.50. The van der Waals surface area contributed by atoms with Gasteiger partial charge in [0.15, 0.2) is 0 Å². The Morgan fingerprint density at radius 2 is 2.00 bits per heavy atom. The summed E-state index contributed by atoms with van der Waals surface area (Å²) in [6, 6.07) is 17.9. The molecule has 6 nitrogen and oxygen atoms in total. The molecule has 32 heavy (non-hydrogen) atoms. The van der Waals surface area contributed by atoms with Crippen LogP contribution in [0.2, 0.25) is 0 Å². The van der Waals surface area contributed by atoms with Gasteiger partial charge in [0, 0.05) is 31.4 Å². The lowest BCUT2D eigenvalue weighted by molar-refractivity contribution is 0.240. The zero-order valence-electron chi connectivity index (χ0n) is 18.8. The number of aromatic nitrogens is 2. The molecule has 1 aliphatic rings. The monoisotopic (exact) mass is 431 g/mol. The minimum absolute atomic E-state index is 0.289. The molecule has 0 amide bonds. The lowest BCUT2D eigenvalue weighted by Gasteiger charge is -2.24. The molecule has 1 aromatic heterocycles. The van der Waals surface area contributed by atoms with Crippen LogP contribution in [0.5, 0.6) is 5.75 Å². The van der Waals surface area contributed by atoms with Gasteiger partial charge in [0.25, 0.3) is 0 Å². The third-order valence-electron chi connectivity index (χ3n) is 6.04. The van der Waals surface area contributed by atoms with E-state index in [1.54, 1.807) is 12.1 Å². The van der Waals surface area contributed by atoms with Crippen LogP contribution in [0.1, 0.15) is 24.5 Å². The minimum atomic E-state index is 0.289. The maximum Gasteiger partial charge on any atom is 0.223 e. The molecule has 1 saturated heterocycles. The summed E-state index contributed by atoms with van der Waals surface area (Å²) in [4.78, 5) is 11.6. The van der Waals surface area contributed by atoms with Gasteiger partial charge in [0.2, 0.25) is 5.95 Å². The Morgan fingerprint density at radius 1 is 1.12 bits per heavy atom. The zero-order valence-corrected chi connectivity index (χ0v) is 18.8. The molecule has 2 aromatic carbocycles. The number of aromatic hydroxyl groups is 1. The van der Waals surface area contributed by atoms with Crippen LogP contribution in [0.15, 0.2) is 60.8 Å². The summed E-state index contributed by atoms with van der Waals surface area (Å²) in [6.45, 7) is 8.43. The van der Waals surface area contributed by atoms with Gasteiger partial charge in [0.1, 0.15) is 5.75 Å². The standard InChI is InChI=1S/C26H33N5O/c1-2-31(19-22-10-13-27-17-22)18-21-4-3-5-23(16-21)25-12-15-29-26(30-25)28-14-11-20-6-8-24(32)9-7-20/h3-9,12,15-16,22,27,32H,2,10-11,13-14,17-19H2,1H3,(H,28,29,30)/t22-/m1/s1. The smallest absolute Gasteiger partial charge is 0.223 e. The van der Waals surface area contributed by atoms with E-state index in [1.165, 1.54) is 12.0 Å². The van der Waals surface area contributed by atoms with Gasteiger partial charge >= 0.3 is 0 Å². The van der Waals surface area contributed by atoms with Crippen molar-refractivity contribution in [3.8, 4) is 17.0 Å². The van der Waals surface area contributed by atoms with Gasteiger partial charge in [0.05, 0.1) is 5.69 Å². The number of anilines is 1. The van der Waals surface area contributed by atoms with Crippen LogP contribution >= 0.6 is 0 Å². The number of benzene rings is 2. The Kier molecular flexibility index (Phi) is 7.69. The summed E-state index contributed by atoms with van der Waals surface area (Å²) in [7, 11) is 0. The average Bonchev–Trinajstić information content (AvgIpc) is 3.33. The van der Waals surface area contributed by atoms with Crippen LogP contribution in [0.25, 0.3) is 11.3 Å². The number of rotatable bonds is 10. The molecule has 0 bridgehead atoms. The number of hydrogen-bond acceptors (Lipinski definition) is 6. The molecule has 6 heteroatoms. The van der Waals surface area contributed by atoms with Crippen molar-refractivity contribution in [1.29, 1.82) is 0 Å². The highest BCUT2D eigenvalue weighted by Gasteiger charge is 2.17. The van der Waals surface area contributed by atoms with Crippen LogP contribution in [0.3, 0.4) is 0 Å². The summed E-state index contributed by atoms with van der Waals surface area (Å²) >= 11 is 0. The maximum absolute atomic E-state index is 9.40. The number of hydrogen-bond donors (Lipinski definition) is 3. The molecule has 0 radical (unpaired) electrons. The van der Waals surface area contributed by atoms with E-state index in [9.17, 15) is 5.11 Å². The van der Waals surface area contributed by atoms with Crippen molar-refractivity contribution < 1.29 is 5.11 Å². The summed E-state index contributed by atoms with van der Waals surface area (Å²) in [6.07, 6.45) is 3.93. The van der Waals surface area contributed by atoms with Gasteiger partial charge < -0.3 is 15.7 Å². The molecule has 4 rings (SSSR count). The van der Waals surface area contributed by atoms with E-state index in [2.05, 4.69) is 51.7 Å². The summed E-state index contributed by atoms with van der Waals surface area (Å²) in [5.74, 6) is 1.68. The van der Waals surface area contributed by atoms with E-state index >= 15 is 0 Å². The normalized spacial score (nSPS) is 15.9. The first-order chi connectivity index (χ1) is 15.7. The van der Waals surface area contributed by atoms with Crippen molar-refractivity contribution in [3.05, 3.63) is 71.9 Å². The molecule has 0 saturated carbocycles. The second-order valence-corrected chi connectivity index (χ2v) is 8.50. The predicted octanol–water partition coefficient (Wildman–Crippen LogP) is 3.94. The number of nitrogens with zero attached hydrogens (tertiary/aromatic N) is 3. The molecule has 3 aromatic rings. The van der Waals surface area contributed by atoms with Gasteiger partial charge in [-0.1, -0.05) is 37.3 Å². The minimum Gasteiger partial charge on any atom is -0.508 e. The molecule has 0 unspecified atom stereocenters. The molecule has 0 spiro atoms. The Balaban J connectivity index is 1.37. The van der Waals surface area contributed by atoms with Crippen molar-refractivity contribution in [2.75, 3.05) is 38.0 Å². The van der Waals surface area contributed by atoms with Gasteiger partial charge in [-0.15, -0.1) is 0 Å². The quantitative estimate of drug-likeness (QED) is 0.452. The number of phenolic OH excluding ortho intramolecular Hbond substituents is 1. The SMILES string of the molecule is CCN(Cc1cccc(-c2ccnc(NCCc3ccc(O)cc3)n2)c1)C[C@@H]1CCNC1. The second kappa shape index (κ2) is 11.1. The van der Waals surface area contributed by atoms with E-state index in [-0.39, 0.29) is 5.75 Å². The van der Waals surface area contributed by atoms with Crippen LogP contribution in [0, 0.1) is 5.92 Å². The highest BCUT2D eigenvalue weighted by molar-refractivity contribution is 5.60. The van der Waals surface area contributed by atoms with Crippen molar-refractivity contribution in [3.63, 3.8) is 0 Å². The molecule has 2 heterocycles. The van der Waals surface area contributed by atoms with Gasteiger partial charge in [-0.25, -0.2) is 9.97 Å². The van der Waals surface area contributed by atoms with Crippen molar-refractivity contribution in [2.24, 2.45) is 5.92 Å². The first kappa shape index (κ1) is 22.2. The molecule has 168 valence electrons. The van der Waals surface area contributed by atoms with Crippen LogP contribution < -0.4 is 10.6 Å². The number of phenols is 1. The van der Waals surface area contributed by atoms with E-state index in [0.717, 1.165) is 68.4 Å². The Labute approximate surface area is 190 Å². The van der Waals surface area contributed by atoms with Gasteiger partial charge in [-0.3, -0.25) is 4.90 Å². The van der Waals surface area contributed by atoms with Crippen molar-refractivity contribution in [2.45, 2.75) is 26.3 Å². The molecular weight excluding hydrogens is 398 g/mol. The lowest BCUT2D eigenvalue weighted by Crippen LogP contribution is -2.30. The molecule has 0 aliphatic carbocycles. The average molecular weight is 432 g/mol. The largest absolute Gasteiger partial charge is 0.508 e. The van der Waals surface area contributed by atoms with E-state index < -0.39 is 0 Å². The fourth-order valence-corrected chi connectivity index (χ4v) is 4.21. The van der Waals surface area contributed by atoms with Gasteiger partial charge in [-0.2, -0.15) is 0 Å². The van der Waals surface area contributed by atoms with E-state index in [1.807, 2.05) is 24.4 Å². The van der Waals surface area contributed by atoms with E-state index in [4.69, 9.17) is 4.98 Å². The molecule has 3 N–H and O–H groups in total. The summed E-state index contributed by atoms with van der Waals surface area (Å²) in [5, 5.41) is 16.2. The molecule has 1 fully saturated rings. The maximum atomic E-state index is 9.40. The van der Waals surface area contributed by atoms with Crippen LogP contribution in [-0.4, -0.2) is 52.7 Å². The third-order valence-corrected chi connectivity index (χ3v) is 6.04.